The lowest BCUT2D eigenvalue weighted by Crippen LogP contribution is -2.15. The van der Waals surface area contributed by atoms with Gasteiger partial charge in [-0.05, 0) is 56.1 Å². The third kappa shape index (κ3) is 7.16. The van der Waals surface area contributed by atoms with E-state index in [-0.39, 0.29) is 6.61 Å². The highest BCUT2D eigenvalue weighted by atomic mass is 79.9. The summed E-state index contributed by atoms with van der Waals surface area (Å²) in [6, 6.07) is 9.24. The van der Waals surface area contributed by atoms with Crippen LogP contribution in [0.4, 0.5) is 0 Å². The van der Waals surface area contributed by atoms with Crippen molar-refractivity contribution < 1.29 is 14.6 Å². The third-order valence-electron chi connectivity index (χ3n) is 3.89. The van der Waals surface area contributed by atoms with E-state index in [1.54, 1.807) is 12.1 Å². The summed E-state index contributed by atoms with van der Waals surface area (Å²) in [6.07, 6.45) is 1.74. The molecule has 0 fully saturated rings. The number of hydrogen-bond donors (Lipinski definition) is 2. The second kappa shape index (κ2) is 11.8. The molecule has 0 atom stereocenters. The van der Waals surface area contributed by atoms with E-state index in [0.717, 1.165) is 35.0 Å². The van der Waals surface area contributed by atoms with Gasteiger partial charge in [0.05, 0.1) is 6.61 Å². The first-order valence-corrected chi connectivity index (χ1v) is 10.4. The van der Waals surface area contributed by atoms with E-state index >= 15 is 0 Å². The molecule has 0 amide bonds. The summed E-state index contributed by atoms with van der Waals surface area (Å²) in [5.74, 6) is 1.34. The molecule has 2 rings (SSSR count). The average Bonchev–Trinajstić information content (AvgIpc) is 2.63. The Morgan fingerprint density at radius 3 is 2.52 bits per heavy atom. The highest BCUT2D eigenvalue weighted by Gasteiger charge is 2.12. The van der Waals surface area contributed by atoms with Crippen LogP contribution >= 0.6 is 39.1 Å². The number of rotatable bonds is 11. The maximum Gasteiger partial charge on any atom is 0.162 e. The molecular formula is C20H24BrCl2NO3. The molecule has 4 nitrogen and oxygen atoms in total. The van der Waals surface area contributed by atoms with Crippen molar-refractivity contribution in [3.8, 4) is 11.5 Å². The second-order valence-electron chi connectivity index (χ2n) is 5.96. The Labute approximate surface area is 178 Å². The molecule has 0 saturated carbocycles. The minimum Gasteiger partial charge on any atom is -0.490 e. The number of aliphatic hydroxyl groups excluding tert-OH is 1. The van der Waals surface area contributed by atoms with Gasteiger partial charge in [-0.15, -0.1) is 0 Å². The number of benzene rings is 2. The molecule has 0 unspecified atom stereocenters. The van der Waals surface area contributed by atoms with Gasteiger partial charge in [0, 0.05) is 33.2 Å². The number of ether oxygens (including phenoxy) is 2. The Morgan fingerprint density at radius 1 is 1.04 bits per heavy atom. The van der Waals surface area contributed by atoms with Crippen molar-refractivity contribution in [2.24, 2.45) is 0 Å². The molecule has 0 radical (unpaired) electrons. The molecule has 0 aliphatic carbocycles. The maximum absolute atomic E-state index is 8.84. The molecule has 0 saturated heterocycles. The first kappa shape index (κ1) is 22.3. The third-order valence-corrected chi connectivity index (χ3v) is 5.21. The zero-order chi connectivity index (χ0) is 19.6. The molecule has 27 heavy (non-hydrogen) atoms. The van der Waals surface area contributed by atoms with E-state index in [1.807, 2.05) is 25.1 Å². The average molecular weight is 477 g/mol. The van der Waals surface area contributed by atoms with Crippen molar-refractivity contribution in [3.05, 3.63) is 56.0 Å². The van der Waals surface area contributed by atoms with Crippen LogP contribution in [0, 0.1) is 0 Å². The van der Waals surface area contributed by atoms with Crippen LogP contribution in [0.5, 0.6) is 11.5 Å². The predicted molar refractivity (Wildman–Crippen MR) is 114 cm³/mol. The fourth-order valence-electron chi connectivity index (χ4n) is 2.47. The number of hydrogen-bond acceptors (Lipinski definition) is 4. The Morgan fingerprint density at radius 2 is 1.81 bits per heavy atom. The first-order valence-electron chi connectivity index (χ1n) is 8.88. The van der Waals surface area contributed by atoms with Crippen LogP contribution in [0.15, 0.2) is 34.8 Å². The molecule has 0 aliphatic heterocycles. The van der Waals surface area contributed by atoms with Crippen molar-refractivity contribution in [3.63, 3.8) is 0 Å². The Bertz CT molecular complexity index is 743. The minimum atomic E-state index is 0.226. The summed E-state index contributed by atoms with van der Waals surface area (Å²) in [6.45, 7) is 4.59. The van der Waals surface area contributed by atoms with Gasteiger partial charge in [0.2, 0.25) is 0 Å². The van der Waals surface area contributed by atoms with Gasteiger partial charge in [0.15, 0.2) is 11.5 Å². The van der Waals surface area contributed by atoms with Gasteiger partial charge < -0.3 is 19.9 Å². The lowest BCUT2D eigenvalue weighted by molar-refractivity contribution is 0.269. The number of aliphatic hydroxyl groups is 1. The van der Waals surface area contributed by atoms with E-state index in [9.17, 15) is 0 Å². The summed E-state index contributed by atoms with van der Waals surface area (Å²) >= 11 is 15.8. The summed E-state index contributed by atoms with van der Waals surface area (Å²) < 4.78 is 12.7. The summed E-state index contributed by atoms with van der Waals surface area (Å²) in [5, 5.41) is 13.4. The lowest BCUT2D eigenvalue weighted by atomic mass is 10.2. The standard InChI is InChI=1S/C20H24BrCl2NO3/c1-2-26-19-9-15(12-24-7-3-4-8-25)17(21)11-20(19)27-13-14-5-6-16(22)10-18(14)23/h5-6,9-11,24-25H,2-4,7-8,12-13H2,1H3. The number of nitrogens with one attached hydrogen (secondary N) is 1. The monoisotopic (exact) mass is 475 g/mol. The van der Waals surface area contributed by atoms with Gasteiger partial charge in [-0.1, -0.05) is 45.2 Å². The van der Waals surface area contributed by atoms with Crippen LogP contribution < -0.4 is 14.8 Å². The molecule has 2 N–H and O–H groups in total. The van der Waals surface area contributed by atoms with E-state index in [0.29, 0.717) is 41.3 Å². The van der Waals surface area contributed by atoms with Crippen molar-refractivity contribution in [2.75, 3.05) is 19.8 Å². The quantitative estimate of drug-likeness (QED) is 0.414. The van der Waals surface area contributed by atoms with Gasteiger partial charge >= 0.3 is 0 Å². The van der Waals surface area contributed by atoms with E-state index < -0.39 is 0 Å². The summed E-state index contributed by atoms with van der Waals surface area (Å²) in [4.78, 5) is 0. The summed E-state index contributed by atoms with van der Waals surface area (Å²) in [5.41, 5.74) is 1.94. The van der Waals surface area contributed by atoms with Crippen LogP contribution in [0.3, 0.4) is 0 Å². The Kier molecular flexibility index (Phi) is 9.73. The Hall–Kier alpha value is -0.980. The van der Waals surface area contributed by atoms with Crippen LogP contribution in [0.25, 0.3) is 0 Å². The van der Waals surface area contributed by atoms with E-state index in [1.165, 1.54) is 0 Å². The molecule has 148 valence electrons. The minimum absolute atomic E-state index is 0.226. The predicted octanol–water partition coefficient (Wildman–Crippen LogP) is 5.60. The van der Waals surface area contributed by atoms with Crippen LogP contribution in [-0.2, 0) is 13.2 Å². The largest absolute Gasteiger partial charge is 0.490 e. The lowest BCUT2D eigenvalue weighted by Gasteiger charge is -2.16. The highest BCUT2D eigenvalue weighted by molar-refractivity contribution is 9.10. The number of halogens is 3. The molecule has 7 heteroatoms. The van der Waals surface area contributed by atoms with Crippen LogP contribution in [-0.4, -0.2) is 24.9 Å². The van der Waals surface area contributed by atoms with Gasteiger partial charge in [0.25, 0.3) is 0 Å². The topological polar surface area (TPSA) is 50.7 Å². The Balaban J connectivity index is 2.07. The molecular weight excluding hydrogens is 453 g/mol. The maximum atomic E-state index is 8.84. The molecule has 0 aliphatic rings. The molecule has 0 bridgehead atoms. The molecule has 0 spiro atoms. The molecule has 2 aromatic rings. The molecule has 2 aromatic carbocycles. The van der Waals surface area contributed by atoms with Gasteiger partial charge in [-0.3, -0.25) is 0 Å². The zero-order valence-electron chi connectivity index (χ0n) is 15.2. The summed E-state index contributed by atoms with van der Waals surface area (Å²) in [7, 11) is 0. The fraction of sp³-hybridized carbons (Fsp3) is 0.400. The SMILES string of the molecule is CCOc1cc(CNCCCCO)c(Br)cc1OCc1ccc(Cl)cc1Cl. The van der Waals surface area contributed by atoms with Crippen molar-refractivity contribution in [1.29, 1.82) is 0 Å². The van der Waals surface area contributed by atoms with Crippen LogP contribution in [0.1, 0.15) is 30.9 Å². The van der Waals surface area contributed by atoms with E-state index in [4.69, 9.17) is 37.8 Å². The molecule has 0 heterocycles. The zero-order valence-corrected chi connectivity index (χ0v) is 18.3. The highest BCUT2D eigenvalue weighted by Crippen LogP contribution is 2.35. The fourth-order valence-corrected chi connectivity index (χ4v) is 3.40. The second-order valence-corrected chi connectivity index (χ2v) is 7.65. The van der Waals surface area contributed by atoms with E-state index in [2.05, 4.69) is 21.2 Å². The van der Waals surface area contributed by atoms with Gasteiger partial charge in [-0.25, -0.2) is 0 Å². The van der Waals surface area contributed by atoms with Crippen molar-refractivity contribution in [2.45, 2.75) is 32.9 Å². The van der Waals surface area contributed by atoms with Gasteiger partial charge in [-0.2, -0.15) is 0 Å². The van der Waals surface area contributed by atoms with Crippen molar-refractivity contribution in [1.82, 2.24) is 5.32 Å². The van der Waals surface area contributed by atoms with Crippen molar-refractivity contribution >= 4 is 39.1 Å². The van der Waals surface area contributed by atoms with Crippen LogP contribution in [0.2, 0.25) is 10.0 Å². The van der Waals surface area contributed by atoms with Gasteiger partial charge in [0.1, 0.15) is 6.61 Å². The smallest absolute Gasteiger partial charge is 0.162 e. The normalized spacial score (nSPS) is 10.9. The number of unbranched alkanes of at least 4 members (excludes halogenated alkanes) is 1. The molecule has 0 aromatic heterocycles. The first-order chi connectivity index (χ1) is 13.0.